The Hall–Kier alpha value is -2.01. The summed E-state index contributed by atoms with van der Waals surface area (Å²) in [6, 6.07) is 5.79. The molecule has 1 aromatic carbocycles. The Bertz CT molecular complexity index is 599. The van der Waals surface area contributed by atoms with E-state index in [1.54, 1.807) is 0 Å². The van der Waals surface area contributed by atoms with Gasteiger partial charge < -0.3 is 10.5 Å². The summed E-state index contributed by atoms with van der Waals surface area (Å²) in [5.41, 5.74) is 8.68. The molecule has 0 fully saturated rings. The maximum absolute atomic E-state index is 11.5. The smallest absolute Gasteiger partial charge is 0.269 e. The van der Waals surface area contributed by atoms with Gasteiger partial charge in [0.05, 0.1) is 17.9 Å². The van der Waals surface area contributed by atoms with Crippen LogP contribution in [0.25, 0.3) is 11.3 Å². The number of H-pyrrole nitrogens is 2. The number of nitrogens with two attached hydrogens (primary N) is 1. The van der Waals surface area contributed by atoms with E-state index < -0.39 is 0 Å². The Balaban J connectivity index is 2.45. The number of hydrogen-bond donors (Lipinski definition) is 3. The molecule has 18 heavy (non-hydrogen) atoms. The average Bonchev–Trinajstić information content (AvgIpc) is 2.73. The lowest BCUT2D eigenvalue weighted by molar-refractivity contribution is 0.338. The maximum atomic E-state index is 11.5. The first kappa shape index (κ1) is 12.4. The second kappa shape index (κ2) is 5.10. The number of rotatable bonds is 4. The quantitative estimate of drug-likeness (QED) is 0.766. The molecule has 0 bridgehead atoms. The first-order valence-electron chi connectivity index (χ1n) is 5.90. The molecule has 0 aliphatic heterocycles. The molecule has 0 radical (unpaired) electrons. The van der Waals surface area contributed by atoms with Crippen LogP contribution in [0.2, 0.25) is 0 Å². The van der Waals surface area contributed by atoms with Crippen molar-refractivity contribution in [3.8, 4) is 17.0 Å². The minimum absolute atomic E-state index is 0.168. The molecule has 96 valence electrons. The Morgan fingerprint density at radius 2 is 2.11 bits per heavy atom. The van der Waals surface area contributed by atoms with Gasteiger partial charge in [0.25, 0.3) is 5.56 Å². The van der Waals surface area contributed by atoms with Crippen LogP contribution in [0.15, 0.2) is 23.0 Å². The van der Waals surface area contributed by atoms with Gasteiger partial charge in [0, 0.05) is 12.1 Å². The highest BCUT2D eigenvalue weighted by Crippen LogP contribution is 2.25. The SMILES string of the molecule is CCOc1ccc(-c2[nH][nH]c(=O)c2CN)cc1C. The van der Waals surface area contributed by atoms with Crippen LogP contribution in [0.5, 0.6) is 5.75 Å². The van der Waals surface area contributed by atoms with Gasteiger partial charge in [-0.05, 0) is 37.6 Å². The Morgan fingerprint density at radius 3 is 2.72 bits per heavy atom. The highest BCUT2D eigenvalue weighted by atomic mass is 16.5. The molecule has 4 N–H and O–H groups in total. The number of benzene rings is 1. The molecule has 0 aliphatic carbocycles. The van der Waals surface area contributed by atoms with Gasteiger partial charge in [-0.1, -0.05) is 0 Å². The molecule has 0 aliphatic rings. The van der Waals surface area contributed by atoms with Gasteiger partial charge in [0.15, 0.2) is 0 Å². The van der Waals surface area contributed by atoms with Crippen LogP contribution in [-0.2, 0) is 6.54 Å². The lowest BCUT2D eigenvalue weighted by atomic mass is 10.0. The molecular weight excluding hydrogens is 230 g/mol. The third kappa shape index (κ3) is 2.17. The highest BCUT2D eigenvalue weighted by Gasteiger charge is 2.11. The summed E-state index contributed by atoms with van der Waals surface area (Å²) in [5.74, 6) is 0.855. The van der Waals surface area contributed by atoms with Crippen LogP contribution >= 0.6 is 0 Å². The zero-order valence-electron chi connectivity index (χ0n) is 10.5. The van der Waals surface area contributed by atoms with Crippen molar-refractivity contribution in [2.75, 3.05) is 6.61 Å². The molecule has 2 aromatic rings. The van der Waals surface area contributed by atoms with Gasteiger partial charge in [-0.3, -0.25) is 15.0 Å². The number of aromatic amines is 2. The van der Waals surface area contributed by atoms with Crippen molar-refractivity contribution >= 4 is 0 Å². The number of nitrogens with one attached hydrogen (secondary N) is 2. The summed E-state index contributed by atoms with van der Waals surface area (Å²) in [6.45, 7) is 4.76. The molecule has 5 heteroatoms. The van der Waals surface area contributed by atoms with Crippen LogP contribution in [-0.4, -0.2) is 16.8 Å². The maximum Gasteiger partial charge on any atom is 0.269 e. The van der Waals surface area contributed by atoms with E-state index in [1.165, 1.54) is 0 Å². The van der Waals surface area contributed by atoms with Gasteiger partial charge in [-0.2, -0.15) is 0 Å². The Labute approximate surface area is 105 Å². The molecule has 5 nitrogen and oxygen atoms in total. The molecule has 0 atom stereocenters. The zero-order chi connectivity index (χ0) is 13.1. The van der Waals surface area contributed by atoms with Crippen molar-refractivity contribution in [2.24, 2.45) is 5.73 Å². The summed E-state index contributed by atoms with van der Waals surface area (Å²) in [6.07, 6.45) is 0. The minimum atomic E-state index is -0.168. The minimum Gasteiger partial charge on any atom is -0.494 e. The summed E-state index contributed by atoms with van der Waals surface area (Å²) in [4.78, 5) is 11.5. The van der Waals surface area contributed by atoms with Crippen molar-refractivity contribution in [1.29, 1.82) is 0 Å². The van der Waals surface area contributed by atoms with Crippen molar-refractivity contribution < 1.29 is 4.74 Å². The van der Waals surface area contributed by atoms with Crippen molar-refractivity contribution in [2.45, 2.75) is 20.4 Å². The van der Waals surface area contributed by atoms with Gasteiger partial charge >= 0.3 is 0 Å². The van der Waals surface area contributed by atoms with E-state index in [0.29, 0.717) is 12.2 Å². The van der Waals surface area contributed by atoms with E-state index in [4.69, 9.17) is 10.5 Å². The number of aromatic nitrogens is 2. The van der Waals surface area contributed by atoms with Crippen LogP contribution < -0.4 is 16.0 Å². The van der Waals surface area contributed by atoms with Crippen molar-refractivity contribution in [1.82, 2.24) is 10.2 Å². The van der Waals surface area contributed by atoms with Gasteiger partial charge in [-0.25, -0.2) is 0 Å². The van der Waals surface area contributed by atoms with Crippen LogP contribution in [0.3, 0.4) is 0 Å². The first-order valence-corrected chi connectivity index (χ1v) is 5.90. The predicted octanol–water partition coefficient (Wildman–Crippen LogP) is 1.54. The monoisotopic (exact) mass is 247 g/mol. The molecule has 0 spiro atoms. The van der Waals surface area contributed by atoms with Crippen LogP contribution in [0.4, 0.5) is 0 Å². The van der Waals surface area contributed by atoms with E-state index in [-0.39, 0.29) is 12.1 Å². The standard InChI is InChI=1S/C13H17N3O2/c1-3-18-11-5-4-9(6-8(11)2)12-10(7-14)13(17)16-15-12/h4-6H,3,7,14H2,1-2H3,(H2,15,16,17). The number of aryl methyl sites for hydroxylation is 1. The molecule has 1 aromatic heterocycles. The van der Waals surface area contributed by atoms with Gasteiger partial charge in [0.2, 0.25) is 0 Å². The van der Waals surface area contributed by atoms with Gasteiger partial charge in [0.1, 0.15) is 5.75 Å². The lowest BCUT2D eigenvalue weighted by Crippen LogP contribution is -2.10. The van der Waals surface area contributed by atoms with Crippen LogP contribution in [0.1, 0.15) is 18.1 Å². The molecular formula is C13H17N3O2. The van der Waals surface area contributed by atoms with Gasteiger partial charge in [-0.15, -0.1) is 0 Å². The Morgan fingerprint density at radius 1 is 1.33 bits per heavy atom. The van der Waals surface area contributed by atoms with E-state index in [0.717, 1.165) is 22.6 Å². The fourth-order valence-corrected chi connectivity index (χ4v) is 1.95. The van der Waals surface area contributed by atoms with E-state index in [9.17, 15) is 4.79 Å². The van der Waals surface area contributed by atoms with Crippen LogP contribution in [0, 0.1) is 6.92 Å². The summed E-state index contributed by atoms with van der Waals surface area (Å²) in [5, 5.41) is 5.42. The normalized spacial score (nSPS) is 10.6. The second-order valence-corrected chi connectivity index (χ2v) is 4.05. The number of ether oxygens (including phenoxy) is 1. The molecule has 1 heterocycles. The molecule has 2 rings (SSSR count). The summed E-state index contributed by atoms with van der Waals surface area (Å²) >= 11 is 0. The second-order valence-electron chi connectivity index (χ2n) is 4.05. The van der Waals surface area contributed by atoms with E-state index >= 15 is 0 Å². The molecule has 0 amide bonds. The predicted molar refractivity (Wildman–Crippen MR) is 70.6 cm³/mol. The third-order valence-corrected chi connectivity index (χ3v) is 2.84. The largest absolute Gasteiger partial charge is 0.494 e. The molecule has 0 saturated heterocycles. The van der Waals surface area contributed by atoms with E-state index in [2.05, 4.69) is 10.2 Å². The van der Waals surface area contributed by atoms with Crippen molar-refractivity contribution in [3.05, 3.63) is 39.7 Å². The zero-order valence-corrected chi connectivity index (χ0v) is 10.5. The Kier molecular flexibility index (Phi) is 3.53. The number of hydrogen-bond acceptors (Lipinski definition) is 3. The summed E-state index contributed by atoms with van der Waals surface area (Å²) in [7, 11) is 0. The lowest BCUT2D eigenvalue weighted by Gasteiger charge is -2.08. The average molecular weight is 247 g/mol. The van der Waals surface area contributed by atoms with E-state index in [1.807, 2.05) is 32.0 Å². The fourth-order valence-electron chi connectivity index (χ4n) is 1.95. The topological polar surface area (TPSA) is 83.9 Å². The highest BCUT2D eigenvalue weighted by molar-refractivity contribution is 5.64. The summed E-state index contributed by atoms with van der Waals surface area (Å²) < 4.78 is 5.48. The third-order valence-electron chi connectivity index (χ3n) is 2.84. The first-order chi connectivity index (χ1) is 8.67. The fraction of sp³-hybridized carbons (Fsp3) is 0.308. The molecule has 0 saturated carbocycles. The van der Waals surface area contributed by atoms with Crippen molar-refractivity contribution in [3.63, 3.8) is 0 Å². The molecule has 0 unspecified atom stereocenters.